The molecule has 1 amide bonds. The molecule has 1 aliphatic carbocycles. The third-order valence-electron chi connectivity index (χ3n) is 5.01. The predicted octanol–water partition coefficient (Wildman–Crippen LogP) is 2.38. The molecule has 2 atom stereocenters. The van der Waals surface area contributed by atoms with Crippen molar-refractivity contribution in [1.29, 1.82) is 0 Å². The number of carbonyl (C=O) groups excluding carboxylic acids is 1. The monoisotopic (exact) mass is 267 g/mol. The lowest BCUT2D eigenvalue weighted by molar-refractivity contribution is -0.142. The van der Waals surface area contributed by atoms with Gasteiger partial charge in [-0.05, 0) is 30.1 Å². The van der Waals surface area contributed by atoms with E-state index in [-0.39, 0.29) is 17.2 Å². The zero-order chi connectivity index (χ0) is 14.4. The lowest BCUT2D eigenvalue weighted by atomic mass is 9.85. The molecule has 2 fully saturated rings. The number of hydrogen-bond donors (Lipinski definition) is 1. The van der Waals surface area contributed by atoms with Crippen LogP contribution in [-0.2, 0) is 9.59 Å². The van der Waals surface area contributed by atoms with Crippen molar-refractivity contribution >= 4 is 11.9 Å². The topological polar surface area (TPSA) is 57.6 Å². The fourth-order valence-electron chi connectivity index (χ4n) is 3.40. The summed E-state index contributed by atoms with van der Waals surface area (Å²) in [5, 5.41) is 9.17. The van der Waals surface area contributed by atoms with E-state index in [2.05, 4.69) is 13.8 Å². The van der Waals surface area contributed by atoms with Gasteiger partial charge in [-0.25, -0.2) is 0 Å². The Bertz CT molecular complexity index is 400. The van der Waals surface area contributed by atoms with Gasteiger partial charge < -0.3 is 10.0 Å². The van der Waals surface area contributed by atoms with Crippen LogP contribution in [0.1, 0.15) is 47.0 Å². The Labute approximate surface area is 115 Å². The summed E-state index contributed by atoms with van der Waals surface area (Å²) in [6, 6.07) is 0. The summed E-state index contributed by atoms with van der Waals surface area (Å²) >= 11 is 0. The Morgan fingerprint density at radius 2 is 1.68 bits per heavy atom. The van der Waals surface area contributed by atoms with Crippen LogP contribution in [0.5, 0.6) is 0 Å². The van der Waals surface area contributed by atoms with E-state index in [0.717, 1.165) is 32.4 Å². The molecule has 1 saturated heterocycles. The largest absolute Gasteiger partial charge is 0.481 e. The highest BCUT2D eigenvalue weighted by molar-refractivity contribution is 5.91. The Morgan fingerprint density at radius 1 is 1.05 bits per heavy atom. The van der Waals surface area contributed by atoms with Crippen molar-refractivity contribution < 1.29 is 14.7 Å². The minimum atomic E-state index is -0.835. The average molecular weight is 267 g/mol. The van der Waals surface area contributed by atoms with Crippen LogP contribution < -0.4 is 0 Å². The molecule has 1 aliphatic heterocycles. The second-order valence-corrected chi connectivity index (χ2v) is 7.46. The Morgan fingerprint density at radius 3 is 2.21 bits per heavy atom. The van der Waals surface area contributed by atoms with Crippen molar-refractivity contribution in [2.24, 2.45) is 22.7 Å². The maximum absolute atomic E-state index is 12.5. The quantitative estimate of drug-likeness (QED) is 0.835. The van der Waals surface area contributed by atoms with Crippen molar-refractivity contribution in [3.63, 3.8) is 0 Å². The third-order valence-corrected chi connectivity index (χ3v) is 5.01. The van der Waals surface area contributed by atoms with Crippen LogP contribution in [0.3, 0.4) is 0 Å². The molecular formula is C15H25NO3. The first-order valence-corrected chi connectivity index (χ1v) is 7.18. The zero-order valence-electron chi connectivity index (χ0n) is 12.4. The minimum Gasteiger partial charge on any atom is -0.481 e. The Balaban J connectivity index is 2.03. The van der Waals surface area contributed by atoms with Crippen LogP contribution in [0.2, 0.25) is 0 Å². The molecule has 1 saturated carbocycles. The zero-order valence-corrected chi connectivity index (χ0v) is 12.4. The van der Waals surface area contributed by atoms with Gasteiger partial charge in [0, 0.05) is 13.1 Å². The van der Waals surface area contributed by atoms with Gasteiger partial charge in [-0.1, -0.05) is 27.7 Å². The molecule has 0 aromatic carbocycles. The standard InChI is InChI=1S/C15H25NO3/c1-14(2)6-5-8-16(9-7-14)12(17)10-11(13(18)19)15(10,3)4/h10-11H,5-9H2,1-4H3,(H,18,19)/t10-,11+/m1/s1. The van der Waals surface area contributed by atoms with Gasteiger partial charge in [-0.15, -0.1) is 0 Å². The summed E-state index contributed by atoms with van der Waals surface area (Å²) in [5.74, 6) is -1.61. The first kappa shape index (κ1) is 14.4. The summed E-state index contributed by atoms with van der Waals surface area (Å²) in [7, 11) is 0. The molecule has 2 rings (SSSR count). The molecule has 108 valence electrons. The molecule has 4 heteroatoms. The number of carbonyl (C=O) groups is 2. The number of carboxylic acid groups (broad SMARTS) is 1. The second-order valence-electron chi connectivity index (χ2n) is 7.46. The van der Waals surface area contributed by atoms with Gasteiger partial charge in [-0.3, -0.25) is 9.59 Å². The number of aliphatic carboxylic acids is 1. The molecule has 0 aromatic heterocycles. The van der Waals surface area contributed by atoms with Crippen LogP contribution >= 0.6 is 0 Å². The molecule has 0 spiro atoms. The lowest BCUT2D eigenvalue weighted by Crippen LogP contribution is -2.35. The molecule has 19 heavy (non-hydrogen) atoms. The van der Waals surface area contributed by atoms with Crippen LogP contribution in [0.25, 0.3) is 0 Å². The molecule has 0 aromatic rings. The highest BCUT2D eigenvalue weighted by atomic mass is 16.4. The molecule has 4 nitrogen and oxygen atoms in total. The van der Waals surface area contributed by atoms with E-state index < -0.39 is 11.9 Å². The fourth-order valence-corrected chi connectivity index (χ4v) is 3.40. The molecule has 1 N–H and O–H groups in total. The van der Waals surface area contributed by atoms with Gasteiger partial charge in [0.15, 0.2) is 0 Å². The first-order chi connectivity index (χ1) is 8.67. The van der Waals surface area contributed by atoms with Crippen molar-refractivity contribution in [1.82, 2.24) is 4.90 Å². The van der Waals surface area contributed by atoms with Gasteiger partial charge in [0.05, 0.1) is 11.8 Å². The number of rotatable bonds is 2. The van der Waals surface area contributed by atoms with Gasteiger partial charge in [-0.2, -0.15) is 0 Å². The maximum atomic E-state index is 12.5. The van der Waals surface area contributed by atoms with Crippen LogP contribution in [0.4, 0.5) is 0 Å². The van der Waals surface area contributed by atoms with Crippen molar-refractivity contribution in [3.05, 3.63) is 0 Å². The van der Waals surface area contributed by atoms with E-state index in [1.54, 1.807) is 0 Å². The van der Waals surface area contributed by atoms with E-state index in [9.17, 15) is 14.7 Å². The second kappa shape index (κ2) is 4.50. The summed E-state index contributed by atoms with van der Waals surface area (Å²) < 4.78 is 0. The Hall–Kier alpha value is -1.06. The average Bonchev–Trinajstić information content (AvgIpc) is 2.89. The maximum Gasteiger partial charge on any atom is 0.307 e. The Kier molecular flexibility index (Phi) is 3.40. The normalized spacial score (nSPS) is 32.5. The fraction of sp³-hybridized carbons (Fsp3) is 0.867. The minimum absolute atomic E-state index is 0.0510. The van der Waals surface area contributed by atoms with Gasteiger partial charge in [0.25, 0.3) is 0 Å². The number of nitrogens with zero attached hydrogens (tertiary/aromatic N) is 1. The molecule has 0 bridgehead atoms. The van der Waals surface area contributed by atoms with E-state index in [1.807, 2.05) is 18.7 Å². The number of hydrogen-bond acceptors (Lipinski definition) is 2. The van der Waals surface area contributed by atoms with Crippen molar-refractivity contribution in [2.45, 2.75) is 47.0 Å². The summed E-state index contributed by atoms with van der Waals surface area (Å²) in [6.07, 6.45) is 3.15. The molecular weight excluding hydrogens is 242 g/mol. The molecule has 0 unspecified atom stereocenters. The summed E-state index contributed by atoms with van der Waals surface area (Å²) in [5.41, 5.74) is -0.0922. The smallest absolute Gasteiger partial charge is 0.307 e. The number of likely N-dealkylation sites (tertiary alicyclic amines) is 1. The van der Waals surface area contributed by atoms with E-state index in [1.165, 1.54) is 0 Å². The van der Waals surface area contributed by atoms with Crippen LogP contribution in [-0.4, -0.2) is 35.0 Å². The molecule has 1 heterocycles. The van der Waals surface area contributed by atoms with E-state index in [4.69, 9.17) is 0 Å². The predicted molar refractivity (Wildman–Crippen MR) is 72.6 cm³/mol. The van der Waals surface area contributed by atoms with Gasteiger partial charge in [0.1, 0.15) is 0 Å². The van der Waals surface area contributed by atoms with E-state index in [0.29, 0.717) is 5.41 Å². The van der Waals surface area contributed by atoms with Gasteiger partial charge >= 0.3 is 5.97 Å². The van der Waals surface area contributed by atoms with Crippen molar-refractivity contribution in [2.75, 3.05) is 13.1 Å². The van der Waals surface area contributed by atoms with E-state index >= 15 is 0 Å². The summed E-state index contributed by atoms with van der Waals surface area (Å²) in [6.45, 7) is 9.79. The first-order valence-electron chi connectivity index (χ1n) is 7.18. The molecule has 0 radical (unpaired) electrons. The van der Waals surface area contributed by atoms with Crippen LogP contribution in [0, 0.1) is 22.7 Å². The highest BCUT2D eigenvalue weighted by Crippen LogP contribution is 2.59. The van der Waals surface area contributed by atoms with Crippen molar-refractivity contribution in [3.8, 4) is 0 Å². The number of carboxylic acids is 1. The van der Waals surface area contributed by atoms with Gasteiger partial charge in [0.2, 0.25) is 5.91 Å². The third kappa shape index (κ3) is 2.63. The summed E-state index contributed by atoms with van der Waals surface area (Å²) in [4.78, 5) is 25.6. The highest BCUT2D eigenvalue weighted by Gasteiger charge is 2.66. The van der Waals surface area contributed by atoms with Crippen LogP contribution in [0.15, 0.2) is 0 Å². The lowest BCUT2D eigenvalue weighted by Gasteiger charge is -2.24. The molecule has 2 aliphatic rings. The number of amides is 1. The SMILES string of the molecule is CC1(C)CCCN(C(=O)[C@H]2[C@@H](C(=O)O)C2(C)C)CC1.